The summed E-state index contributed by atoms with van der Waals surface area (Å²) in [5.74, 6) is -1.09. The molecule has 0 radical (unpaired) electrons. The van der Waals surface area contributed by atoms with E-state index < -0.39 is 36.9 Å². The maximum Gasteiger partial charge on any atom is 1.00 e. The van der Waals surface area contributed by atoms with E-state index in [0.29, 0.717) is 22.6 Å². The van der Waals surface area contributed by atoms with Gasteiger partial charge in [-0.05, 0) is 79.2 Å². The van der Waals surface area contributed by atoms with Crippen LogP contribution in [0.2, 0.25) is 0 Å². The molecule has 0 aromatic heterocycles. The second-order valence-corrected chi connectivity index (χ2v) is 12.6. The summed E-state index contributed by atoms with van der Waals surface area (Å²) < 4.78 is 71.7. The first-order chi connectivity index (χ1) is 22.0. The van der Waals surface area contributed by atoms with Crippen molar-refractivity contribution >= 4 is 71.9 Å². The van der Waals surface area contributed by atoms with E-state index in [9.17, 15) is 31.0 Å². The topological polar surface area (TPSA) is 252 Å². The summed E-state index contributed by atoms with van der Waals surface area (Å²) in [4.78, 5) is 23.8. The minimum absolute atomic E-state index is 0. The molecule has 0 heterocycles. The van der Waals surface area contributed by atoms with Gasteiger partial charge in [-0.25, -0.2) is 0 Å². The fourth-order valence-corrected chi connectivity index (χ4v) is 5.13. The summed E-state index contributed by atoms with van der Waals surface area (Å²) in [6.07, 6.45) is 0. The van der Waals surface area contributed by atoms with Gasteiger partial charge in [-0.3, -0.25) is 18.7 Å². The van der Waals surface area contributed by atoms with Crippen LogP contribution in [0.3, 0.4) is 0 Å². The van der Waals surface area contributed by atoms with Crippen LogP contribution in [0, 0.1) is 6.92 Å². The van der Waals surface area contributed by atoms with E-state index in [4.69, 9.17) is 15.0 Å². The van der Waals surface area contributed by atoms with Gasteiger partial charge in [-0.1, -0.05) is 0 Å². The quantitative estimate of drug-likeness (QED) is 0.0698. The Kier molecular flexibility index (Phi) is 12.3. The van der Waals surface area contributed by atoms with Crippen LogP contribution < -0.4 is 50.7 Å². The monoisotopic (exact) mass is 704 g/mol. The number of rotatable bonds is 10. The first-order valence-electron chi connectivity index (χ1n) is 13.2. The van der Waals surface area contributed by atoms with E-state index in [2.05, 4.69) is 31.1 Å². The zero-order valence-electron chi connectivity index (χ0n) is 25.9. The van der Waals surface area contributed by atoms with Gasteiger partial charge >= 0.3 is 29.6 Å². The second kappa shape index (κ2) is 15.6. The van der Waals surface area contributed by atoms with Crippen molar-refractivity contribution in [2.45, 2.75) is 23.6 Å². The summed E-state index contributed by atoms with van der Waals surface area (Å²) in [5, 5.41) is 21.4. The smallest absolute Gasteiger partial charge is 0.494 e. The molecule has 0 aliphatic heterocycles. The van der Waals surface area contributed by atoms with Gasteiger partial charge in [-0.15, -0.1) is 10.2 Å². The van der Waals surface area contributed by atoms with Gasteiger partial charge in [0.2, 0.25) is 5.91 Å². The fourth-order valence-electron chi connectivity index (χ4n) is 4.00. The molecule has 48 heavy (non-hydrogen) atoms. The van der Waals surface area contributed by atoms with Crippen LogP contribution in [-0.2, 0) is 25.0 Å². The average molecular weight is 705 g/mol. The number of nitrogens with zero attached hydrogens (tertiary/aromatic N) is 4. The van der Waals surface area contributed by atoms with Crippen LogP contribution in [-0.4, -0.2) is 44.9 Å². The number of carbonyl (C=O) groups excluding carboxylic acids is 2. The van der Waals surface area contributed by atoms with Crippen LogP contribution >= 0.6 is 0 Å². The van der Waals surface area contributed by atoms with Crippen LogP contribution in [0.25, 0.3) is 0 Å². The van der Waals surface area contributed by atoms with Crippen molar-refractivity contribution in [1.29, 1.82) is 0 Å². The van der Waals surface area contributed by atoms with Gasteiger partial charge < -0.3 is 21.1 Å². The SMILES string of the molecule is COc1cc(N=Nc2ccc(S(=O)(=O)O)cc2)c(C)cc1N=Nc1cc(S(=O)(=O)O)c(NC(=O)c2ccc(N)cc2)cc1NC(C)=O.[Na+]. The van der Waals surface area contributed by atoms with E-state index in [1.807, 2.05) is 0 Å². The molecule has 0 atom stereocenters. The Morgan fingerprint density at radius 1 is 0.750 bits per heavy atom. The Hall–Kier alpha value is -4.56. The molecule has 0 spiro atoms. The van der Waals surface area contributed by atoms with Gasteiger partial charge in [0, 0.05) is 24.2 Å². The number of anilines is 3. The molecular weight excluding hydrogens is 677 g/mol. The molecule has 16 nitrogen and oxygen atoms in total. The van der Waals surface area contributed by atoms with Gasteiger partial charge in [0.15, 0.2) is 0 Å². The molecule has 19 heteroatoms. The maximum atomic E-state index is 12.8. The zero-order chi connectivity index (χ0) is 34.5. The van der Waals surface area contributed by atoms with Crippen LogP contribution in [0.5, 0.6) is 5.75 Å². The van der Waals surface area contributed by atoms with Crippen molar-refractivity contribution in [3.63, 3.8) is 0 Å². The number of benzene rings is 4. The van der Waals surface area contributed by atoms with Gasteiger partial charge in [0.25, 0.3) is 26.1 Å². The van der Waals surface area contributed by atoms with E-state index in [0.717, 1.165) is 12.1 Å². The normalized spacial score (nSPS) is 11.7. The number of aryl methyl sites for hydroxylation is 1. The molecule has 0 fully saturated rings. The third-order valence-corrected chi connectivity index (χ3v) is 8.04. The summed E-state index contributed by atoms with van der Waals surface area (Å²) in [6.45, 7) is 2.89. The Morgan fingerprint density at radius 2 is 1.35 bits per heavy atom. The van der Waals surface area contributed by atoms with E-state index in [1.165, 1.54) is 68.6 Å². The molecule has 0 bridgehead atoms. The second-order valence-electron chi connectivity index (χ2n) is 9.78. The van der Waals surface area contributed by atoms with E-state index >= 15 is 0 Å². The minimum atomic E-state index is -4.92. The molecule has 0 saturated carbocycles. The largest absolute Gasteiger partial charge is 1.00 e. The zero-order valence-corrected chi connectivity index (χ0v) is 29.5. The third kappa shape index (κ3) is 9.73. The van der Waals surface area contributed by atoms with Crippen molar-refractivity contribution in [2.24, 2.45) is 20.5 Å². The Morgan fingerprint density at radius 3 is 1.92 bits per heavy atom. The minimum Gasteiger partial charge on any atom is -0.494 e. The van der Waals surface area contributed by atoms with Crippen LogP contribution in [0.4, 0.5) is 39.8 Å². The standard InChI is InChI=1S/C29H27N7O9S2.Na/c1-16-12-25(27(45-3)14-22(16)34-33-20-8-10-21(11-9-20)46(39,40)41)36-35-24-15-28(47(42,43)44)26(13-23(24)31-17(2)37)32-29(38)18-4-6-19(30)7-5-18;/h4-15H,30H2,1-3H3,(H,31,37)(H,32,38)(H,39,40,41)(H,42,43,44);/q;+1. The molecule has 0 aliphatic carbocycles. The average Bonchev–Trinajstić information content (AvgIpc) is 2.99. The number of nitrogens with two attached hydrogens (primary N) is 1. The van der Waals surface area contributed by atoms with Gasteiger partial charge in [0.1, 0.15) is 22.0 Å². The number of carbonyl (C=O) groups is 2. The molecular formula is C29H27N7NaO9S2+. The van der Waals surface area contributed by atoms with Crippen LogP contribution in [0.1, 0.15) is 22.8 Å². The molecule has 244 valence electrons. The summed E-state index contributed by atoms with van der Waals surface area (Å²) >= 11 is 0. The van der Waals surface area contributed by atoms with Gasteiger partial charge in [0.05, 0.1) is 34.8 Å². The predicted octanol–water partition coefficient (Wildman–Crippen LogP) is 3.12. The number of amides is 2. The number of ether oxygens (including phenoxy) is 1. The number of azo groups is 2. The molecule has 4 aromatic carbocycles. The number of hydrogen-bond donors (Lipinski definition) is 5. The van der Waals surface area contributed by atoms with Crippen molar-refractivity contribution in [3.8, 4) is 5.75 Å². The van der Waals surface area contributed by atoms with Crippen molar-refractivity contribution in [2.75, 3.05) is 23.5 Å². The summed E-state index contributed by atoms with van der Waals surface area (Å²) in [6, 6.07) is 15.9. The molecule has 2 amide bonds. The van der Waals surface area contributed by atoms with E-state index in [-0.39, 0.29) is 68.5 Å². The number of hydrogen-bond acceptors (Lipinski definition) is 12. The first-order valence-corrected chi connectivity index (χ1v) is 16.1. The summed E-state index contributed by atoms with van der Waals surface area (Å²) in [7, 11) is -7.93. The fraction of sp³-hybridized carbons (Fsp3) is 0.103. The Bertz CT molecular complexity index is 2140. The number of methoxy groups -OCH3 is 1. The number of nitrogens with one attached hydrogen (secondary N) is 2. The Labute approximate surface area is 297 Å². The van der Waals surface area contributed by atoms with E-state index in [1.54, 1.807) is 13.0 Å². The number of nitrogen functional groups attached to an aromatic ring is 1. The van der Waals surface area contributed by atoms with Crippen LogP contribution in [0.15, 0.2) is 103 Å². The molecule has 0 saturated heterocycles. The first kappa shape index (κ1) is 37.9. The van der Waals surface area contributed by atoms with Gasteiger partial charge in [-0.2, -0.15) is 27.1 Å². The molecule has 0 aliphatic rings. The molecule has 4 rings (SSSR count). The van der Waals surface area contributed by atoms with Crippen molar-refractivity contribution in [1.82, 2.24) is 0 Å². The molecule has 6 N–H and O–H groups in total. The third-order valence-electron chi connectivity index (χ3n) is 6.28. The molecule has 4 aromatic rings. The Balaban J connectivity index is 0.00000625. The van der Waals surface area contributed by atoms with Crippen molar-refractivity contribution < 1.29 is 69.8 Å². The predicted molar refractivity (Wildman–Crippen MR) is 172 cm³/mol. The maximum absolute atomic E-state index is 12.8. The summed E-state index contributed by atoms with van der Waals surface area (Å²) in [5.41, 5.74) is 7.02. The molecule has 0 unspecified atom stereocenters. The van der Waals surface area contributed by atoms with Crippen molar-refractivity contribution in [3.05, 3.63) is 83.9 Å².